The van der Waals surface area contributed by atoms with E-state index in [-0.39, 0.29) is 25.7 Å². The van der Waals surface area contributed by atoms with Crippen LogP contribution >= 0.6 is 0 Å². The number of nitrogens with one attached hydrogen (secondary N) is 3. The predicted molar refractivity (Wildman–Crippen MR) is 135 cm³/mol. The number of hydrogen-bond donors (Lipinski definition) is 3. The number of unbranched alkanes of at least 4 members (excludes halogenated alkanes) is 10. The van der Waals surface area contributed by atoms with Crippen LogP contribution in [0.15, 0.2) is 0 Å². The molecule has 37 heavy (non-hydrogen) atoms. The summed E-state index contributed by atoms with van der Waals surface area (Å²) < 4.78 is 154. The molecule has 2 unspecified atom stereocenters. The van der Waals surface area contributed by atoms with Gasteiger partial charge in [-0.25, -0.2) is 25.3 Å². The van der Waals surface area contributed by atoms with E-state index in [4.69, 9.17) is 0 Å². The minimum atomic E-state index is -6.34. The average molecular weight is 632 g/mol. The van der Waals surface area contributed by atoms with Crippen LogP contribution < -0.4 is 12.4 Å². The van der Waals surface area contributed by atoms with Crippen LogP contribution in [0, 0.1) is 0 Å². The van der Waals surface area contributed by atoms with E-state index in [1.54, 1.807) is 0 Å². The average Bonchev–Trinajstić information content (AvgIpc) is 2.70. The molecule has 0 amide bonds. The van der Waals surface area contributed by atoms with E-state index in [9.17, 15) is 51.6 Å². The van der Waals surface area contributed by atoms with Crippen molar-refractivity contribution in [2.24, 2.45) is 0 Å². The molecule has 3 N–H and O–H groups in total. The third-order valence-electron chi connectivity index (χ3n) is 4.64. The molecule has 0 spiro atoms. The normalized spacial score (nSPS) is 16.6. The Labute approximate surface area is 216 Å². The van der Waals surface area contributed by atoms with E-state index >= 15 is 0 Å². The lowest BCUT2D eigenvalue weighted by Crippen LogP contribution is -2.53. The fourth-order valence-corrected chi connectivity index (χ4v) is 10.6. The molecule has 0 saturated carbocycles. The topological polar surface area (TPSA) is 139 Å². The largest absolute Gasteiger partial charge is 0.512 e. The Morgan fingerprint density at radius 2 is 0.811 bits per heavy atom. The van der Waals surface area contributed by atoms with Crippen molar-refractivity contribution >= 4 is 50.6 Å². The van der Waals surface area contributed by atoms with Crippen LogP contribution in [0.5, 0.6) is 0 Å². The maximum Gasteiger partial charge on any atom is 0.512 e. The van der Waals surface area contributed by atoms with E-state index in [0.29, 0.717) is 36.4 Å². The molecular weight excluding hydrogens is 596 g/mol. The first-order valence-corrected chi connectivity index (χ1v) is 17.7. The molecule has 0 aliphatic carbocycles. The molecule has 224 valence electrons. The number of alkyl halides is 6. The van der Waals surface area contributed by atoms with Crippen molar-refractivity contribution in [2.75, 3.05) is 0 Å². The minimum absolute atomic E-state index is 0.211. The van der Waals surface area contributed by atoms with Crippen LogP contribution in [0.1, 0.15) is 90.9 Å². The summed E-state index contributed by atoms with van der Waals surface area (Å²) in [5.74, 6) is 0. The molecule has 0 heterocycles. The molecule has 2 atom stereocenters. The maximum absolute atomic E-state index is 13.2. The van der Waals surface area contributed by atoms with Gasteiger partial charge in [0, 0.05) is 0 Å². The molecule has 0 aliphatic rings. The Morgan fingerprint density at radius 1 is 0.514 bits per heavy atom. The van der Waals surface area contributed by atoms with E-state index in [2.05, 4.69) is 0 Å². The fourth-order valence-electron chi connectivity index (χ4n) is 2.77. The summed E-state index contributed by atoms with van der Waals surface area (Å²) in [6.45, 7) is 3.82. The number of rotatable bonds is 18. The van der Waals surface area contributed by atoms with Crippen LogP contribution in [0.25, 0.3) is 0 Å². The molecule has 0 aromatic heterocycles. The number of hydrogen-bond acceptors (Lipinski definition) is 6. The Bertz CT molecular complexity index is 1060. The van der Waals surface area contributed by atoms with Gasteiger partial charge < -0.3 is 0 Å². The minimum Gasteiger partial charge on any atom is -0.235 e. The van der Waals surface area contributed by atoms with Gasteiger partial charge in [-0.2, -0.15) is 26.3 Å². The van der Waals surface area contributed by atoms with E-state index in [1.807, 2.05) is 13.8 Å². The lowest BCUT2D eigenvalue weighted by molar-refractivity contribution is -0.0446. The van der Waals surface area contributed by atoms with Crippen molar-refractivity contribution in [3.63, 3.8) is 0 Å². The van der Waals surface area contributed by atoms with Crippen LogP contribution in [-0.2, 0) is 39.8 Å². The molecule has 19 heteroatoms. The summed E-state index contributed by atoms with van der Waals surface area (Å²) >= 11 is 0. The lowest BCUT2D eigenvalue weighted by atomic mass is 10.1. The van der Waals surface area contributed by atoms with Crippen LogP contribution in [-0.4, -0.2) is 47.0 Å². The van der Waals surface area contributed by atoms with Gasteiger partial charge in [-0.1, -0.05) is 65.2 Å². The summed E-state index contributed by atoms with van der Waals surface area (Å²) in [5.41, 5.74) is -11.9. The van der Waals surface area contributed by atoms with Gasteiger partial charge in [0.1, 0.15) is 19.8 Å². The van der Waals surface area contributed by atoms with Gasteiger partial charge in [-0.15, -0.1) is 12.4 Å². The highest BCUT2D eigenvalue weighted by Gasteiger charge is 2.49. The van der Waals surface area contributed by atoms with Crippen molar-refractivity contribution in [1.29, 1.82) is 0 Å². The van der Waals surface area contributed by atoms with Crippen LogP contribution in [0.4, 0.5) is 26.3 Å². The third kappa shape index (κ3) is 13.8. The molecule has 0 aliphatic heterocycles. The Morgan fingerprint density at radius 3 is 1.08 bits per heavy atom. The zero-order chi connectivity index (χ0) is 29.0. The highest BCUT2D eigenvalue weighted by Crippen LogP contribution is 2.24. The zero-order valence-electron chi connectivity index (χ0n) is 20.5. The van der Waals surface area contributed by atoms with Crippen molar-refractivity contribution in [1.82, 2.24) is 12.4 Å². The summed E-state index contributed by atoms with van der Waals surface area (Å²) in [7, 11) is -22.5. The third-order valence-corrected chi connectivity index (χ3v) is 13.0. The second kappa shape index (κ2) is 15.3. The first kappa shape index (κ1) is 36.4. The maximum atomic E-state index is 13.2. The Hall–Kier alpha value is -0.600. The number of halogens is 6. The quantitative estimate of drug-likeness (QED) is 0.119. The fraction of sp³-hybridized carbons (Fsp3) is 0.889. The standard InChI is InChI=1S/C18H35F6N3O6S4/c1-3-5-7-9-11-13-15-34(28,26-36(30,31)17(19,20)21)25-35(29,16-14-12-10-8-6-4-2)27-37(32,33)18(22,23)24/h15-16H,3-14H2,1-2H3,(H3,25,26,27,28,29). The Balaban J connectivity index is 6.37. The van der Waals surface area contributed by atoms with Crippen LogP contribution in [0.2, 0.25) is 0 Å². The summed E-state index contributed by atoms with van der Waals surface area (Å²) in [4.78, 5) is 0. The van der Waals surface area contributed by atoms with Gasteiger partial charge >= 0.3 is 31.1 Å². The highest BCUT2D eigenvalue weighted by atomic mass is 32.3. The van der Waals surface area contributed by atoms with Gasteiger partial charge in [-0.3, -0.25) is 0 Å². The van der Waals surface area contributed by atoms with Crippen molar-refractivity contribution in [3.05, 3.63) is 0 Å². The predicted octanol–water partition coefficient (Wildman–Crippen LogP) is 4.01. The Kier molecular flexibility index (Phi) is 15.0. The first-order valence-electron chi connectivity index (χ1n) is 11.5. The monoisotopic (exact) mass is 631 g/mol. The highest BCUT2D eigenvalue weighted by molar-refractivity contribution is 8.19. The van der Waals surface area contributed by atoms with Gasteiger partial charge in [-0.05, 0) is 36.4 Å². The SMILES string of the molecule is CCCCCCCC=S(=O)(NS(=O)(=O)C(F)(F)F)NS(=O)(=CCCCCCCC)NS(=O)(=O)C(F)(F)F. The molecule has 0 fully saturated rings. The molecule has 0 saturated heterocycles. The van der Waals surface area contributed by atoms with Crippen molar-refractivity contribution in [3.8, 4) is 0 Å². The van der Waals surface area contributed by atoms with E-state index in [1.165, 1.54) is 4.13 Å². The molecule has 0 aromatic carbocycles. The molecule has 0 aromatic rings. The summed E-state index contributed by atoms with van der Waals surface area (Å²) in [6.07, 6.45) is 5.59. The van der Waals surface area contributed by atoms with E-state index < -0.39 is 50.9 Å². The second-order valence-electron chi connectivity index (χ2n) is 8.09. The first-order chi connectivity index (χ1) is 16.7. The van der Waals surface area contributed by atoms with Crippen molar-refractivity contribution in [2.45, 2.75) is 102 Å². The molecular formula is C18H35F6N3O6S4. The molecule has 9 nitrogen and oxygen atoms in total. The lowest BCUT2D eigenvalue weighted by Gasteiger charge is -2.21. The molecule has 0 bridgehead atoms. The smallest absolute Gasteiger partial charge is 0.235 e. The van der Waals surface area contributed by atoms with Gasteiger partial charge in [0.05, 0.1) is 0 Å². The summed E-state index contributed by atoms with van der Waals surface area (Å²) in [5, 5.41) is 1.03. The van der Waals surface area contributed by atoms with Gasteiger partial charge in [0.15, 0.2) is 0 Å². The second-order valence-corrected chi connectivity index (χ2v) is 16.1. The molecule has 0 radical (unpaired) electrons. The number of sulfonamides is 2. The van der Waals surface area contributed by atoms with Gasteiger partial charge in [0.25, 0.3) is 0 Å². The summed E-state index contributed by atoms with van der Waals surface area (Å²) in [6, 6.07) is 0. The molecule has 0 rings (SSSR count). The van der Waals surface area contributed by atoms with Crippen LogP contribution in [0.3, 0.4) is 0 Å². The van der Waals surface area contributed by atoms with Crippen molar-refractivity contribution < 1.29 is 51.6 Å². The zero-order valence-corrected chi connectivity index (χ0v) is 23.8. The van der Waals surface area contributed by atoms with E-state index in [0.717, 1.165) is 33.9 Å². The van der Waals surface area contributed by atoms with Gasteiger partial charge in [0.2, 0.25) is 0 Å².